The first-order valence-electron chi connectivity index (χ1n) is 5.77. The molecule has 100 valence electrons. The van der Waals surface area contributed by atoms with Crippen molar-refractivity contribution in [1.82, 2.24) is 5.32 Å². The van der Waals surface area contributed by atoms with E-state index in [1.54, 1.807) is 0 Å². The number of carbonyl (C=O) groups excluding carboxylic acids is 1. The van der Waals surface area contributed by atoms with Gasteiger partial charge in [-0.3, -0.25) is 9.59 Å². The van der Waals surface area contributed by atoms with Crippen LogP contribution in [0.2, 0.25) is 0 Å². The third kappa shape index (κ3) is 6.91. The van der Waals surface area contributed by atoms with Gasteiger partial charge in [0.25, 0.3) is 0 Å². The van der Waals surface area contributed by atoms with Crippen molar-refractivity contribution in [2.45, 2.75) is 32.3 Å². The fraction of sp³-hybridized carbons (Fsp3) is 0.818. The van der Waals surface area contributed by atoms with E-state index in [1.165, 1.54) is 7.11 Å². The Morgan fingerprint density at radius 2 is 2.12 bits per heavy atom. The number of carboxylic acid groups (broad SMARTS) is 1. The highest BCUT2D eigenvalue weighted by molar-refractivity contribution is 5.79. The lowest BCUT2D eigenvalue weighted by Crippen LogP contribution is -2.40. The first-order chi connectivity index (χ1) is 8.04. The molecule has 0 aliphatic carbocycles. The summed E-state index contributed by atoms with van der Waals surface area (Å²) in [7, 11) is 1.42. The molecule has 0 radical (unpaired) electrons. The summed E-state index contributed by atoms with van der Waals surface area (Å²) >= 11 is 0. The predicted octanol–water partition coefficient (Wildman–Crippen LogP) is -0.0327. The second-order valence-electron chi connectivity index (χ2n) is 3.92. The molecule has 6 heteroatoms. The minimum absolute atomic E-state index is 0.127. The van der Waals surface area contributed by atoms with E-state index in [2.05, 4.69) is 5.32 Å². The van der Waals surface area contributed by atoms with E-state index in [4.69, 9.17) is 15.6 Å². The van der Waals surface area contributed by atoms with E-state index in [9.17, 15) is 9.59 Å². The van der Waals surface area contributed by atoms with Crippen LogP contribution in [-0.2, 0) is 14.3 Å². The maximum Gasteiger partial charge on any atom is 0.306 e. The van der Waals surface area contributed by atoms with Gasteiger partial charge in [-0.1, -0.05) is 13.3 Å². The van der Waals surface area contributed by atoms with Gasteiger partial charge in [-0.15, -0.1) is 0 Å². The summed E-state index contributed by atoms with van der Waals surface area (Å²) in [6.45, 7) is 2.48. The van der Waals surface area contributed by atoms with Crippen LogP contribution in [0.15, 0.2) is 0 Å². The van der Waals surface area contributed by atoms with Crippen molar-refractivity contribution < 1.29 is 19.4 Å². The Morgan fingerprint density at radius 3 is 2.53 bits per heavy atom. The number of aliphatic carboxylic acids is 1. The summed E-state index contributed by atoms with van der Waals surface area (Å²) in [4.78, 5) is 22.2. The summed E-state index contributed by atoms with van der Waals surface area (Å²) in [6.07, 6.45) is 0.992. The average molecular weight is 246 g/mol. The van der Waals surface area contributed by atoms with E-state index in [0.29, 0.717) is 6.54 Å². The Labute approximate surface area is 102 Å². The van der Waals surface area contributed by atoms with E-state index in [-0.39, 0.29) is 24.8 Å². The SMILES string of the molecule is CCCC(CN)C(=O)NCC(CC(=O)O)OC. The third-order valence-corrected chi connectivity index (χ3v) is 2.53. The molecule has 2 unspecified atom stereocenters. The highest BCUT2D eigenvalue weighted by Crippen LogP contribution is 2.04. The number of carbonyl (C=O) groups is 2. The highest BCUT2D eigenvalue weighted by Gasteiger charge is 2.18. The van der Waals surface area contributed by atoms with Crippen LogP contribution < -0.4 is 11.1 Å². The van der Waals surface area contributed by atoms with Gasteiger partial charge in [-0.05, 0) is 6.42 Å². The molecule has 0 aliphatic heterocycles. The Kier molecular flexibility index (Phi) is 8.35. The highest BCUT2D eigenvalue weighted by atomic mass is 16.5. The zero-order chi connectivity index (χ0) is 13.3. The van der Waals surface area contributed by atoms with Gasteiger partial charge in [0.15, 0.2) is 0 Å². The molecule has 0 spiro atoms. The largest absolute Gasteiger partial charge is 0.481 e. The molecule has 4 N–H and O–H groups in total. The van der Waals surface area contributed by atoms with Crippen molar-refractivity contribution in [3.63, 3.8) is 0 Å². The fourth-order valence-corrected chi connectivity index (χ4v) is 1.50. The Hall–Kier alpha value is -1.14. The van der Waals surface area contributed by atoms with Gasteiger partial charge in [0.05, 0.1) is 18.4 Å². The van der Waals surface area contributed by atoms with Crippen LogP contribution in [0.4, 0.5) is 0 Å². The van der Waals surface area contributed by atoms with Crippen LogP contribution in [0.3, 0.4) is 0 Å². The molecule has 0 aromatic carbocycles. The van der Waals surface area contributed by atoms with Crippen molar-refractivity contribution >= 4 is 11.9 Å². The molecule has 2 atom stereocenters. The molecule has 17 heavy (non-hydrogen) atoms. The molecule has 0 bridgehead atoms. The van der Waals surface area contributed by atoms with Crippen molar-refractivity contribution in [3.05, 3.63) is 0 Å². The van der Waals surface area contributed by atoms with Gasteiger partial charge >= 0.3 is 5.97 Å². The topological polar surface area (TPSA) is 102 Å². The Balaban J connectivity index is 4.06. The lowest BCUT2D eigenvalue weighted by atomic mass is 10.0. The molecule has 6 nitrogen and oxygen atoms in total. The number of hydrogen-bond donors (Lipinski definition) is 3. The third-order valence-electron chi connectivity index (χ3n) is 2.53. The molecule has 0 fully saturated rings. The van der Waals surface area contributed by atoms with Crippen LogP contribution in [-0.4, -0.2) is 43.3 Å². The van der Waals surface area contributed by atoms with E-state index < -0.39 is 12.1 Å². The minimum Gasteiger partial charge on any atom is -0.481 e. The second kappa shape index (κ2) is 8.95. The molecule has 0 saturated carbocycles. The fourth-order valence-electron chi connectivity index (χ4n) is 1.50. The van der Waals surface area contributed by atoms with Gasteiger partial charge in [0, 0.05) is 20.2 Å². The molecule has 0 aromatic heterocycles. The summed E-state index contributed by atoms with van der Waals surface area (Å²) in [5.41, 5.74) is 5.49. The average Bonchev–Trinajstić information content (AvgIpc) is 2.30. The normalized spacial score (nSPS) is 14.1. The maximum atomic E-state index is 11.7. The lowest BCUT2D eigenvalue weighted by Gasteiger charge is -2.17. The number of amides is 1. The minimum atomic E-state index is -0.949. The Morgan fingerprint density at radius 1 is 1.47 bits per heavy atom. The number of nitrogens with two attached hydrogens (primary N) is 1. The number of rotatable bonds is 9. The molecule has 0 aromatic rings. The van der Waals surface area contributed by atoms with Crippen molar-refractivity contribution in [2.75, 3.05) is 20.2 Å². The maximum absolute atomic E-state index is 11.7. The standard InChI is InChI=1S/C11H22N2O4/c1-3-4-8(6-12)11(16)13-7-9(17-2)5-10(14)15/h8-9H,3-7,12H2,1-2H3,(H,13,16)(H,14,15). The second-order valence-corrected chi connectivity index (χ2v) is 3.92. The van der Waals surface area contributed by atoms with Gasteiger partial charge in [0.2, 0.25) is 5.91 Å². The summed E-state index contributed by atoms with van der Waals surface area (Å²) < 4.78 is 4.96. The summed E-state index contributed by atoms with van der Waals surface area (Å²) in [5, 5.41) is 11.3. The first-order valence-corrected chi connectivity index (χ1v) is 5.77. The predicted molar refractivity (Wildman–Crippen MR) is 63.5 cm³/mol. The molecular weight excluding hydrogens is 224 g/mol. The smallest absolute Gasteiger partial charge is 0.306 e. The first kappa shape index (κ1) is 15.9. The Bertz CT molecular complexity index is 246. The van der Waals surface area contributed by atoms with Crippen molar-refractivity contribution in [1.29, 1.82) is 0 Å². The number of hydrogen-bond acceptors (Lipinski definition) is 4. The van der Waals surface area contributed by atoms with Crippen LogP contribution in [0, 0.1) is 5.92 Å². The number of ether oxygens (including phenoxy) is 1. The van der Waals surface area contributed by atoms with Gasteiger partial charge in [0.1, 0.15) is 0 Å². The lowest BCUT2D eigenvalue weighted by molar-refractivity contribution is -0.140. The van der Waals surface area contributed by atoms with Gasteiger partial charge in [-0.25, -0.2) is 0 Å². The zero-order valence-corrected chi connectivity index (χ0v) is 10.4. The van der Waals surface area contributed by atoms with Crippen molar-refractivity contribution in [2.24, 2.45) is 11.7 Å². The number of methoxy groups -OCH3 is 1. The summed E-state index contributed by atoms with van der Waals surface area (Å²) in [6, 6.07) is 0. The zero-order valence-electron chi connectivity index (χ0n) is 10.4. The molecule has 0 heterocycles. The van der Waals surface area contributed by atoms with Crippen LogP contribution >= 0.6 is 0 Å². The van der Waals surface area contributed by atoms with Gasteiger partial charge < -0.3 is 20.9 Å². The monoisotopic (exact) mass is 246 g/mol. The van der Waals surface area contributed by atoms with Crippen LogP contribution in [0.5, 0.6) is 0 Å². The quantitative estimate of drug-likeness (QED) is 0.530. The molecule has 0 aliphatic rings. The summed E-state index contributed by atoms with van der Waals surface area (Å²) in [5.74, 6) is -1.29. The van der Waals surface area contributed by atoms with Crippen LogP contribution in [0.25, 0.3) is 0 Å². The molecule has 0 rings (SSSR count). The molecule has 1 amide bonds. The molecule has 0 saturated heterocycles. The van der Waals surface area contributed by atoms with E-state index in [0.717, 1.165) is 12.8 Å². The molecular formula is C11H22N2O4. The number of carboxylic acids is 1. The van der Waals surface area contributed by atoms with Gasteiger partial charge in [-0.2, -0.15) is 0 Å². The number of nitrogens with one attached hydrogen (secondary N) is 1. The van der Waals surface area contributed by atoms with Crippen molar-refractivity contribution in [3.8, 4) is 0 Å². The van der Waals surface area contributed by atoms with E-state index >= 15 is 0 Å². The van der Waals surface area contributed by atoms with E-state index in [1.807, 2.05) is 6.92 Å². The van der Waals surface area contributed by atoms with Crippen LogP contribution in [0.1, 0.15) is 26.2 Å².